The van der Waals surface area contributed by atoms with Gasteiger partial charge in [0, 0.05) is 0 Å². The fraction of sp³-hybridized carbons (Fsp3) is 0.364. The summed E-state index contributed by atoms with van der Waals surface area (Å²) in [7, 11) is 0. The minimum Gasteiger partial charge on any atom is -0.478 e. The Hall–Kier alpha value is -1.35. The molecular weight excluding hydrogens is 178 g/mol. The van der Waals surface area contributed by atoms with E-state index >= 15 is 0 Å². The smallest absolute Gasteiger partial charge is 0.335 e. The van der Waals surface area contributed by atoms with E-state index in [9.17, 15) is 4.79 Å². The van der Waals surface area contributed by atoms with Crippen LogP contribution in [0.25, 0.3) is 0 Å². The number of carbonyl (C=O) groups is 1. The predicted molar refractivity (Wildman–Crippen MR) is 57.5 cm³/mol. The Morgan fingerprint density at radius 1 is 1.36 bits per heavy atom. The maximum absolute atomic E-state index is 10.6. The minimum absolute atomic E-state index is 0.412. The van der Waals surface area contributed by atoms with Crippen molar-refractivity contribution in [1.82, 2.24) is 0 Å². The molecule has 14 heavy (non-hydrogen) atoms. The zero-order valence-electron chi connectivity index (χ0n) is 8.66. The van der Waals surface area contributed by atoms with Crippen molar-refractivity contribution >= 4 is 5.97 Å². The van der Waals surface area contributed by atoms with Crippen LogP contribution in [0.2, 0.25) is 0 Å². The quantitative estimate of drug-likeness (QED) is 0.757. The molecule has 0 unspecified atom stereocenters. The lowest BCUT2D eigenvalue weighted by Gasteiger charge is -2.00. The molecule has 0 aliphatic carbocycles. The summed E-state index contributed by atoms with van der Waals surface area (Å²) in [5, 5.41) is 8.70. The molecule has 3 nitrogen and oxygen atoms in total. The number of hydrogen-bond acceptors (Lipinski definition) is 2. The Bertz CT molecular complexity index is 284. The number of rotatable bonds is 2. The van der Waals surface area contributed by atoms with Gasteiger partial charge in [-0.1, -0.05) is 32.0 Å². The Morgan fingerprint density at radius 2 is 1.86 bits per heavy atom. The fourth-order valence-corrected chi connectivity index (χ4v) is 1.04. The molecule has 0 fully saturated rings. The molecule has 0 radical (unpaired) electrons. The molecule has 0 aromatic heterocycles. The second-order valence-corrected chi connectivity index (χ2v) is 2.72. The lowest BCUT2D eigenvalue weighted by molar-refractivity contribution is 0.0696. The van der Waals surface area contributed by atoms with Crippen LogP contribution in [0.15, 0.2) is 24.3 Å². The van der Waals surface area contributed by atoms with Gasteiger partial charge in [-0.25, -0.2) is 4.79 Å². The molecule has 0 saturated carbocycles. The van der Waals surface area contributed by atoms with Crippen LogP contribution in [-0.4, -0.2) is 17.6 Å². The van der Waals surface area contributed by atoms with E-state index in [2.05, 4.69) is 0 Å². The van der Waals surface area contributed by atoms with E-state index in [4.69, 9.17) is 10.8 Å². The Balaban J connectivity index is 0.000000500. The van der Waals surface area contributed by atoms with Gasteiger partial charge in [0.15, 0.2) is 0 Å². The predicted octanol–water partition coefficient (Wildman–Crippen LogP) is 1.91. The molecule has 0 bridgehead atoms. The molecule has 0 spiro atoms. The van der Waals surface area contributed by atoms with E-state index in [0.29, 0.717) is 5.56 Å². The van der Waals surface area contributed by atoms with Gasteiger partial charge in [0.1, 0.15) is 0 Å². The number of carboxylic acid groups (broad SMARTS) is 1. The molecule has 1 aromatic rings. The Morgan fingerprint density at radius 3 is 2.21 bits per heavy atom. The average Bonchev–Trinajstić information content (AvgIpc) is 2.19. The summed E-state index contributed by atoms with van der Waals surface area (Å²) in [6, 6.07) is 7.05. The standard InChI is InChI=1S/C9H10O2.C2H7N/c1-2-7-5-3-4-6-8(7)9(10)11;1-2-3/h3-6H,2H2,1H3,(H,10,11);2-3H2,1H3. The van der Waals surface area contributed by atoms with Gasteiger partial charge in [-0.2, -0.15) is 0 Å². The van der Waals surface area contributed by atoms with Crippen molar-refractivity contribution in [3.8, 4) is 0 Å². The summed E-state index contributed by atoms with van der Waals surface area (Å²) in [4.78, 5) is 10.6. The van der Waals surface area contributed by atoms with Crippen LogP contribution in [0, 0.1) is 0 Å². The van der Waals surface area contributed by atoms with Gasteiger partial charge in [0.05, 0.1) is 5.56 Å². The normalized spacial score (nSPS) is 8.79. The van der Waals surface area contributed by atoms with Crippen molar-refractivity contribution in [3.05, 3.63) is 35.4 Å². The van der Waals surface area contributed by atoms with Gasteiger partial charge in [0.25, 0.3) is 0 Å². The molecular formula is C11H17NO2. The molecule has 0 atom stereocenters. The third kappa shape index (κ3) is 4.05. The maximum Gasteiger partial charge on any atom is 0.335 e. The van der Waals surface area contributed by atoms with Gasteiger partial charge in [-0.05, 0) is 24.6 Å². The van der Waals surface area contributed by atoms with Crippen LogP contribution in [0.4, 0.5) is 0 Å². The summed E-state index contributed by atoms with van der Waals surface area (Å²) >= 11 is 0. The third-order valence-electron chi connectivity index (χ3n) is 1.63. The van der Waals surface area contributed by atoms with Gasteiger partial charge >= 0.3 is 5.97 Å². The first-order valence-electron chi connectivity index (χ1n) is 4.68. The molecule has 0 aliphatic rings. The lowest BCUT2D eigenvalue weighted by Crippen LogP contribution is -2.00. The summed E-state index contributed by atoms with van der Waals surface area (Å²) < 4.78 is 0. The van der Waals surface area contributed by atoms with E-state index in [1.165, 1.54) is 0 Å². The van der Waals surface area contributed by atoms with Gasteiger partial charge in [-0.3, -0.25) is 0 Å². The largest absolute Gasteiger partial charge is 0.478 e. The van der Waals surface area contributed by atoms with Crippen LogP contribution in [-0.2, 0) is 6.42 Å². The zero-order valence-corrected chi connectivity index (χ0v) is 8.66. The summed E-state index contributed by atoms with van der Waals surface area (Å²) in [6.45, 7) is 4.60. The summed E-state index contributed by atoms with van der Waals surface area (Å²) in [5.41, 5.74) is 6.15. The number of nitrogens with two attached hydrogens (primary N) is 1. The second-order valence-electron chi connectivity index (χ2n) is 2.72. The number of carboxylic acids is 1. The summed E-state index contributed by atoms with van der Waals surface area (Å²) in [6.07, 6.45) is 0.766. The zero-order chi connectivity index (χ0) is 11.0. The Kier molecular flexibility index (Phi) is 6.41. The SMILES string of the molecule is CCN.CCc1ccccc1C(=O)O. The van der Waals surface area contributed by atoms with E-state index < -0.39 is 5.97 Å². The van der Waals surface area contributed by atoms with E-state index in [1.807, 2.05) is 26.0 Å². The van der Waals surface area contributed by atoms with Gasteiger partial charge in [0.2, 0.25) is 0 Å². The van der Waals surface area contributed by atoms with Crippen LogP contribution in [0.3, 0.4) is 0 Å². The van der Waals surface area contributed by atoms with Crippen LogP contribution in [0.1, 0.15) is 29.8 Å². The highest BCUT2D eigenvalue weighted by atomic mass is 16.4. The molecule has 1 rings (SSSR count). The van der Waals surface area contributed by atoms with E-state index in [0.717, 1.165) is 18.5 Å². The van der Waals surface area contributed by atoms with Crippen LogP contribution >= 0.6 is 0 Å². The van der Waals surface area contributed by atoms with Crippen molar-refractivity contribution in [2.75, 3.05) is 6.54 Å². The molecule has 1 aromatic carbocycles. The molecule has 0 aliphatic heterocycles. The number of aryl methyl sites for hydroxylation is 1. The van der Waals surface area contributed by atoms with Crippen molar-refractivity contribution in [1.29, 1.82) is 0 Å². The minimum atomic E-state index is -0.845. The highest BCUT2D eigenvalue weighted by Crippen LogP contribution is 2.08. The average molecular weight is 195 g/mol. The third-order valence-corrected chi connectivity index (χ3v) is 1.63. The monoisotopic (exact) mass is 195 g/mol. The highest BCUT2D eigenvalue weighted by Gasteiger charge is 2.05. The topological polar surface area (TPSA) is 63.3 Å². The van der Waals surface area contributed by atoms with Gasteiger partial charge < -0.3 is 10.8 Å². The number of benzene rings is 1. The van der Waals surface area contributed by atoms with Gasteiger partial charge in [-0.15, -0.1) is 0 Å². The molecule has 0 saturated heterocycles. The lowest BCUT2D eigenvalue weighted by atomic mass is 10.1. The first-order valence-corrected chi connectivity index (χ1v) is 4.68. The fourth-order valence-electron chi connectivity index (χ4n) is 1.04. The van der Waals surface area contributed by atoms with E-state index in [-0.39, 0.29) is 0 Å². The number of hydrogen-bond donors (Lipinski definition) is 2. The van der Waals surface area contributed by atoms with Crippen molar-refractivity contribution in [3.63, 3.8) is 0 Å². The van der Waals surface area contributed by atoms with Crippen LogP contribution < -0.4 is 5.73 Å². The second kappa shape index (κ2) is 7.09. The number of aromatic carboxylic acids is 1. The first kappa shape index (κ1) is 12.7. The molecule has 3 N–H and O–H groups in total. The van der Waals surface area contributed by atoms with E-state index in [1.54, 1.807) is 12.1 Å². The highest BCUT2D eigenvalue weighted by molar-refractivity contribution is 5.89. The molecule has 0 amide bonds. The summed E-state index contributed by atoms with van der Waals surface area (Å²) in [5.74, 6) is -0.845. The molecule has 78 valence electrons. The maximum atomic E-state index is 10.6. The Labute approximate surface area is 84.6 Å². The van der Waals surface area contributed by atoms with Crippen molar-refractivity contribution in [2.45, 2.75) is 20.3 Å². The molecule has 3 heteroatoms. The van der Waals surface area contributed by atoms with Crippen molar-refractivity contribution < 1.29 is 9.90 Å². The van der Waals surface area contributed by atoms with Crippen molar-refractivity contribution in [2.24, 2.45) is 5.73 Å². The van der Waals surface area contributed by atoms with Crippen LogP contribution in [0.5, 0.6) is 0 Å². The first-order chi connectivity index (χ1) is 6.67. The molecule has 0 heterocycles.